The molecule has 1 N–H and O–H groups in total. The van der Waals surface area contributed by atoms with Crippen LogP contribution in [-0.4, -0.2) is 40.2 Å². The number of hydrogen-bond donors (Lipinski definition) is 1. The average Bonchev–Trinajstić information content (AvgIpc) is 2.91. The molecule has 4 amide bonds. The molecule has 6 nitrogen and oxygen atoms in total. The first-order chi connectivity index (χ1) is 13.3. The van der Waals surface area contributed by atoms with Crippen LogP contribution in [0.3, 0.4) is 0 Å². The number of amides is 4. The maximum Gasteiger partial charge on any atom is 0.325 e. The number of nitrogens with one attached hydrogen (secondary N) is 1. The summed E-state index contributed by atoms with van der Waals surface area (Å²) in [5, 5.41) is 2.74. The van der Waals surface area contributed by atoms with Crippen LogP contribution in [0.4, 0.5) is 4.79 Å². The van der Waals surface area contributed by atoms with Gasteiger partial charge in [0.1, 0.15) is 12.1 Å². The van der Waals surface area contributed by atoms with Gasteiger partial charge in [-0.15, -0.1) is 0 Å². The smallest absolute Gasteiger partial charge is 0.325 e. The molecule has 0 bridgehead atoms. The average molecular weight is 379 g/mol. The van der Waals surface area contributed by atoms with Crippen LogP contribution in [0.15, 0.2) is 60.7 Å². The van der Waals surface area contributed by atoms with Crippen molar-refractivity contribution in [3.63, 3.8) is 0 Å². The van der Waals surface area contributed by atoms with E-state index in [1.165, 1.54) is 0 Å². The Labute approximate surface area is 165 Å². The fourth-order valence-electron chi connectivity index (χ4n) is 3.37. The fourth-order valence-corrected chi connectivity index (χ4v) is 3.37. The van der Waals surface area contributed by atoms with Crippen LogP contribution in [-0.2, 0) is 21.7 Å². The minimum absolute atomic E-state index is 0.0611. The van der Waals surface area contributed by atoms with Gasteiger partial charge in [-0.1, -0.05) is 60.7 Å². The zero-order chi connectivity index (χ0) is 20.3. The molecule has 0 aromatic heterocycles. The first-order valence-corrected chi connectivity index (χ1v) is 9.36. The van der Waals surface area contributed by atoms with Gasteiger partial charge < -0.3 is 10.2 Å². The lowest BCUT2D eigenvalue weighted by Crippen LogP contribution is -2.46. The third kappa shape index (κ3) is 3.76. The van der Waals surface area contributed by atoms with Crippen molar-refractivity contribution in [3.8, 4) is 0 Å². The van der Waals surface area contributed by atoms with Crippen LogP contribution in [0, 0.1) is 0 Å². The lowest BCUT2D eigenvalue weighted by molar-refractivity contribution is -0.140. The van der Waals surface area contributed by atoms with E-state index in [-0.39, 0.29) is 18.5 Å². The van der Waals surface area contributed by atoms with Crippen LogP contribution in [0.2, 0.25) is 0 Å². The number of hydrogen-bond acceptors (Lipinski definition) is 3. The second-order valence-electron chi connectivity index (χ2n) is 7.41. The van der Waals surface area contributed by atoms with Crippen molar-refractivity contribution in [2.75, 3.05) is 6.54 Å². The zero-order valence-electron chi connectivity index (χ0n) is 16.4. The first kappa shape index (κ1) is 19.6. The Balaban J connectivity index is 1.77. The van der Waals surface area contributed by atoms with Gasteiger partial charge in [0.25, 0.3) is 5.91 Å². The Morgan fingerprint density at radius 2 is 1.61 bits per heavy atom. The van der Waals surface area contributed by atoms with Gasteiger partial charge in [-0.25, -0.2) is 4.79 Å². The Hall–Kier alpha value is -3.15. The largest absolute Gasteiger partial charge is 0.334 e. The monoisotopic (exact) mass is 379 g/mol. The molecule has 28 heavy (non-hydrogen) atoms. The quantitative estimate of drug-likeness (QED) is 0.785. The van der Waals surface area contributed by atoms with Gasteiger partial charge >= 0.3 is 6.03 Å². The van der Waals surface area contributed by atoms with Gasteiger partial charge in [-0.05, 0) is 31.9 Å². The summed E-state index contributed by atoms with van der Waals surface area (Å²) in [6, 6.07) is 18.1. The highest BCUT2D eigenvalue weighted by molar-refractivity contribution is 6.09. The molecular weight excluding hydrogens is 354 g/mol. The summed E-state index contributed by atoms with van der Waals surface area (Å²) in [6.45, 7) is 5.65. The molecule has 1 saturated heterocycles. The number of urea groups is 1. The number of rotatable bonds is 6. The molecule has 2 aromatic carbocycles. The van der Waals surface area contributed by atoms with Crippen LogP contribution < -0.4 is 5.32 Å². The van der Waals surface area contributed by atoms with Gasteiger partial charge in [0.05, 0.1) is 0 Å². The summed E-state index contributed by atoms with van der Waals surface area (Å²) >= 11 is 0. The Kier molecular flexibility index (Phi) is 5.49. The molecule has 0 aliphatic carbocycles. The predicted molar refractivity (Wildman–Crippen MR) is 106 cm³/mol. The van der Waals surface area contributed by atoms with E-state index in [9.17, 15) is 14.4 Å². The zero-order valence-corrected chi connectivity index (χ0v) is 16.4. The summed E-state index contributed by atoms with van der Waals surface area (Å²) < 4.78 is 0. The van der Waals surface area contributed by atoms with Crippen molar-refractivity contribution >= 4 is 17.8 Å². The minimum atomic E-state index is -1.17. The second kappa shape index (κ2) is 7.84. The summed E-state index contributed by atoms with van der Waals surface area (Å²) in [6.07, 6.45) is 0. The molecule has 1 atom stereocenters. The van der Waals surface area contributed by atoms with E-state index in [4.69, 9.17) is 0 Å². The van der Waals surface area contributed by atoms with Crippen LogP contribution >= 0.6 is 0 Å². The molecule has 6 heteroatoms. The van der Waals surface area contributed by atoms with Crippen molar-refractivity contribution in [1.82, 2.24) is 15.1 Å². The standard InChI is InChI=1S/C22H25N3O3/c1-16(2)24(14-17-10-6-4-7-11-17)19(26)15-25-20(27)22(3,23-21(25)28)18-12-8-5-9-13-18/h4-13,16H,14-15H2,1-3H3,(H,23,28). The molecule has 1 aliphatic rings. The van der Waals surface area contributed by atoms with E-state index in [0.29, 0.717) is 12.1 Å². The molecule has 0 saturated carbocycles. The SMILES string of the molecule is CC(C)N(Cc1ccccc1)C(=O)CN1C(=O)NC(C)(c2ccccc2)C1=O. The summed E-state index contributed by atoms with van der Waals surface area (Å²) in [5.41, 5.74) is 0.518. The highest BCUT2D eigenvalue weighted by Crippen LogP contribution is 2.28. The molecule has 1 heterocycles. The number of carbonyl (C=O) groups excluding carboxylic acids is 3. The lowest BCUT2D eigenvalue weighted by Gasteiger charge is -2.28. The predicted octanol–water partition coefficient (Wildman–Crippen LogP) is 2.89. The topological polar surface area (TPSA) is 69.7 Å². The lowest BCUT2D eigenvalue weighted by atomic mass is 9.92. The third-order valence-corrected chi connectivity index (χ3v) is 5.06. The summed E-state index contributed by atoms with van der Waals surface area (Å²) in [5.74, 6) is -0.680. The summed E-state index contributed by atoms with van der Waals surface area (Å²) in [4.78, 5) is 41.1. The number of imide groups is 1. The highest BCUT2D eigenvalue weighted by Gasteiger charge is 2.49. The van der Waals surface area contributed by atoms with Gasteiger partial charge in [0.2, 0.25) is 5.91 Å². The maximum absolute atomic E-state index is 13.0. The van der Waals surface area contributed by atoms with Crippen LogP contribution in [0.1, 0.15) is 31.9 Å². The van der Waals surface area contributed by atoms with Crippen molar-refractivity contribution in [2.45, 2.75) is 38.9 Å². The second-order valence-corrected chi connectivity index (χ2v) is 7.41. The molecule has 0 spiro atoms. The van der Waals surface area contributed by atoms with E-state index in [2.05, 4.69) is 5.32 Å². The molecule has 3 rings (SSSR count). The summed E-state index contributed by atoms with van der Waals surface area (Å²) in [7, 11) is 0. The van der Waals surface area contributed by atoms with Crippen molar-refractivity contribution in [2.24, 2.45) is 0 Å². The van der Waals surface area contributed by atoms with Crippen molar-refractivity contribution < 1.29 is 14.4 Å². The number of carbonyl (C=O) groups is 3. The molecule has 1 fully saturated rings. The number of benzene rings is 2. The van der Waals surface area contributed by atoms with E-state index < -0.39 is 17.5 Å². The van der Waals surface area contributed by atoms with Crippen molar-refractivity contribution in [1.29, 1.82) is 0 Å². The first-order valence-electron chi connectivity index (χ1n) is 9.36. The van der Waals surface area contributed by atoms with Crippen LogP contribution in [0.5, 0.6) is 0 Å². The van der Waals surface area contributed by atoms with Gasteiger partial charge in [0, 0.05) is 12.6 Å². The number of nitrogens with zero attached hydrogens (tertiary/aromatic N) is 2. The Morgan fingerprint density at radius 1 is 1.04 bits per heavy atom. The molecule has 1 unspecified atom stereocenters. The van der Waals surface area contributed by atoms with Crippen LogP contribution in [0.25, 0.3) is 0 Å². The van der Waals surface area contributed by atoms with Gasteiger partial charge in [-0.2, -0.15) is 0 Å². The Morgan fingerprint density at radius 3 is 2.18 bits per heavy atom. The Bertz CT molecular complexity index is 867. The molecule has 2 aromatic rings. The van der Waals surface area contributed by atoms with Crippen molar-refractivity contribution in [3.05, 3.63) is 71.8 Å². The third-order valence-electron chi connectivity index (χ3n) is 5.06. The fraction of sp³-hybridized carbons (Fsp3) is 0.318. The molecule has 1 aliphatic heterocycles. The van der Waals surface area contributed by atoms with E-state index >= 15 is 0 Å². The maximum atomic E-state index is 13.0. The van der Waals surface area contributed by atoms with E-state index in [1.807, 2.05) is 62.4 Å². The molecular formula is C22H25N3O3. The minimum Gasteiger partial charge on any atom is -0.334 e. The highest BCUT2D eigenvalue weighted by atomic mass is 16.2. The molecule has 146 valence electrons. The van der Waals surface area contributed by atoms with E-state index in [0.717, 1.165) is 10.5 Å². The van der Waals surface area contributed by atoms with E-state index in [1.54, 1.807) is 24.0 Å². The normalized spacial score (nSPS) is 19.1. The van der Waals surface area contributed by atoms with Gasteiger partial charge in [0.15, 0.2) is 0 Å². The van der Waals surface area contributed by atoms with Gasteiger partial charge in [-0.3, -0.25) is 14.5 Å². The molecule has 0 radical (unpaired) electrons.